The molecule has 1 aromatic heterocycles. The lowest BCUT2D eigenvalue weighted by molar-refractivity contribution is -0.123. The number of unbranched alkanes of at least 4 members (excludes halogenated alkanes) is 1. The zero-order valence-electron chi connectivity index (χ0n) is 15.0. The average molecular weight is 408 g/mol. The van der Waals surface area contributed by atoms with Crippen LogP contribution in [0.1, 0.15) is 37.7 Å². The van der Waals surface area contributed by atoms with Gasteiger partial charge in [-0.2, -0.15) is 0 Å². The molecule has 10 heteroatoms. The van der Waals surface area contributed by atoms with Gasteiger partial charge in [-0.3, -0.25) is 14.4 Å². The first-order valence-corrected chi connectivity index (χ1v) is 9.69. The minimum absolute atomic E-state index is 0.0221. The molecule has 0 spiro atoms. The smallest absolute Gasteiger partial charge is 0.257 e. The SMILES string of the molecule is CCCCSc1nc2c(c(=O)[nH]1)[C@@H](C(=O)Nc1cc(F)cc(F)c1)CC(=O)N2. The molecule has 3 rings (SSSR count). The van der Waals surface area contributed by atoms with Crippen LogP contribution in [0.15, 0.2) is 28.2 Å². The molecular formula is C18H18F2N4O3S. The van der Waals surface area contributed by atoms with Gasteiger partial charge in [0.15, 0.2) is 5.16 Å². The Labute approximate surface area is 163 Å². The predicted octanol–water partition coefficient (Wildman–Crippen LogP) is 3.00. The fourth-order valence-corrected chi connectivity index (χ4v) is 3.76. The average Bonchev–Trinajstić information content (AvgIpc) is 2.60. The van der Waals surface area contributed by atoms with E-state index in [9.17, 15) is 23.2 Å². The molecule has 148 valence electrons. The summed E-state index contributed by atoms with van der Waals surface area (Å²) in [5.41, 5.74) is -0.616. The molecule has 0 fully saturated rings. The highest BCUT2D eigenvalue weighted by molar-refractivity contribution is 7.99. The van der Waals surface area contributed by atoms with Crippen molar-refractivity contribution in [3.8, 4) is 0 Å². The molecule has 2 heterocycles. The number of H-pyrrole nitrogens is 1. The van der Waals surface area contributed by atoms with E-state index in [1.807, 2.05) is 6.92 Å². The number of halogens is 2. The minimum atomic E-state index is -1.12. The Balaban J connectivity index is 1.88. The zero-order valence-corrected chi connectivity index (χ0v) is 15.8. The Kier molecular flexibility index (Phi) is 6.08. The maximum Gasteiger partial charge on any atom is 0.257 e. The number of nitrogens with one attached hydrogen (secondary N) is 3. The summed E-state index contributed by atoms with van der Waals surface area (Å²) in [6.45, 7) is 2.04. The molecule has 1 aromatic carbocycles. The number of hydrogen-bond acceptors (Lipinski definition) is 5. The van der Waals surface area contributed by atoms with Crippen molar-refractivity contribution in [2.75, 3.05) is 16.4 Å². The van der Waals surface area contributed by atoms with Crippen LogP contribution in [0.3, 0.4) is 0 Å². The third-order valence-electron chi connectivity index (χ3n) is 4.11. The second-order valence-corrected chi connectivity index (χ2v) is 7.37. The topological polar surface area (TPSA) is 104 Å². The molecule has 28 heavy (non-hydrogen) atoms. The minimum Gasteiger partial charge on any atom is -0.325 e. The number of nitrogens with zero attached hydrogens (tertiary/aromatic N) is 1. The second-order valence-electron chi connectivity index (χ2n) is 6.29. The molecule has 3 N–H and O–H groups in total. The molecule has 1 atom stereocenters. The highest BCUT2D eigenvalue weighted by Gasteiger charge is 2.34. The van der Waals surface area contributed by atoms with Crippen LogP contribution in [0.2, 0.25) is 0 Å². The van der Waals surface area contributed by atoms with E-state index >= 15 is 0 Å². The molecule has 0 unspecified atom stereocenters. The first-order valence-electron chi connectivity index (χ1n) is 8.71. The van der Waals surface area contributed by atoms with Gasteiger partial charge in [0.25, 0.3) is 5.56 Å². The van der Waals surface area contributed by atoms with Crippen molar-refractivity contribution in [2.45, 2.75) is 37.3 Å². The maximum atomic E-state index is 13.3. The Hall–Kier alpha value is -2.75. The molecule has 1 aliphatic rings. The summed E-state index contributed by atoms with van der Waals surface area (Å²) < 4.78 is 26.7. The van der Waals surface area contributed by atoms with Crippen molar-refractivity contribution in [3.63, 3.8) is 0 Å². The molecule has 0 aliphatic carbocycles. The monoisotopic (exact) mass is 408 g/mol. The summed E-state index contributed by atoms with van der Waals surface area (Å²) in [5, 5.41) is 5.22. The van der Waals surface area contributed by atoms with E-state index < -0.39 is 34.9 Å². The molecule has 2 amide bonds. The number of benzene rings is 1. The van der Waals surface area contributed by atoms with Crippen LogP contribution in [0.25, 0.3) is 0 Å². The van der Waals surface area contributed by atoms with Crippen LogP contribution in [-0.2, 0) is 9.59 Å². The molecule has 1 aliphatic heterocycles. The number of hydrogen-bond donors (Lipinski definition) is 3. The third-order valence-corrected chi connectivity index (χ3v) is 5.07. The zero-order chi connectivity index (χ0) is 20.3. The Bertz CT molecular complexity index is 960. The normalized spacial score (nSPS) is 15.7. The van der Waals surface area contributed by atoms with Gasteiger partial charge in [-0.25, -0.2) is 13.8 Å². The van der Waals surface area contributed by atoms with Crippen LogP contribution < -0.4 is 16.2 Å². The summed E-state index contributed by atoms with van der Waals surface area (Å²) in [6.07, 6.45) is 1.65. The summed E-state index contributed by atoms with van der Waals surface area (Å²) in [5.74, 6) is -3.25. The molecule has 7 nitrogen and oxygen atoms in total. The van der Waals surface area contributed by atoms with Crippen LogP contribution >= 0.6 is 11.8 Å². The molecule has 0 bridgehead atoms. The van der Waals surface area contributed by atoms with Gasteiger partial charge in [0.05, 0.1) is 11.5 Å². The van der Waals surface area contributed by atoms with Crippen molar-refractivity contribution in [2.24, 2.45) is 0 Å². The van der Waals surface area contributed by atoms with E-state index in [2.05, 4.69) is 20.6 Å². The van der Waals surface area contributed by atoms with E-state index in [-0.39, 0.29) is 23.5 Å². The van der Waals surface area contributed by atoms with Crippen LogP contribution in [-0.4, -0.2) is 27.5 Å². The fourth-order valence-electron chi connectivity index (χ4n) is 2.81. The van der Waals surface area contributed by atoms with Crippen LogP contribution in [0.4, 0.5) is 20.3 Å². The fraction of sp³-hybridized carbons (Fsp3) is 0.333. The number of aromatic amines is 1. The van der Waals surface area contributed by atoms with Crippen molar-refractivity contribution in [1.29, 1.82) is 0 Å². The largest absolute Gasteiger partial charge is 0.325 e. The van der Waals surface area contributed by atoms with E-state index in [4.69, 9.17) is 0 Å². The molecule has 0 saturated heterocycles. The maximum absolute atomic E-state index is 13.3. The molecular weight excluding hydrogens is 390 g/mol. The van der Waals surface area contributed by atoms with Gasteiger partial charge in [-0.1, -0.05) is 25.1 Å². The van der Waals surface area contributed by atoms with Gasteiger partial charge in [-0.15, -0.1) is 0 Å². The van der Waals surface area contributed by atoms with Gasteiger partial charge in [0.2, 0.25) is 11.8 Å². The van der Waals surface area contributed by atoms with Crippen LogP contribution in [0, 0.1) is 11.6 Å². The summed E-state index contributed by atoms with van der Waals surface area (Å²) in [7, 11) is 0. The molecule has 0 radical (unpaired) electrons. The van der Waals surface area contributed by atoms with Crippen molar-refractivity contribution >= 4 is 35.1 Å². The quantitative estimate of drug-likeness (QED) is 0.387. The number of amides is 2. The summed E-state index contributed by atoms with van der Waals surface area (Å²) in [6, 6.07) is 2.56. The van der Waals surface area contributed by atoms with Gasteiger partial charge >= 0.3 is 0 Å². The summed E-state index contributed by atoms with van der Waals surface area (Å²) in [4.78, 5) is 44.0. The van der Waals surface area contributed by atoms with E-state index in [1.54, 1.807) is 0 Å². The first kappa shape index (κ1) is 20.0. The number of carbonyl (C=O) groups excluding carboxylic acids is 2. The van der Waals surface area contributed by atoms with Gasteiger partial charge < -0.3 is 15.6 Å². The van der Waals surface area contributed by atoms with E-state index in [0.717, 1.165) is 30.7 Å². The second kappa shape index (κ2) is 8.51. The van der Waals surface area contributed by atoms with Gasteiger partial charge in [0.1, 0.15) is 17.5 Å². The van der Waals surface area contributed by atoms with Crippen LogP contribution in [0.5, 0.6) is 0 Å². The predicted molar refractivity (Wildman–Crippen MR) is 101 cm³/mol. The number of anilines is 2. The Morgan fingerprint density at radius 2 is 2.00 bits per heavy atom. The molecule has 2 aromatic rings. The number of carbonyl (C=O) groups is 2. The Morgan fingerprint density at radius 1 is 1.29 bits per heavy atom. The number of aromatic nitrogens is 2. The van der Waals surface area contributed by atoms with Crippen molar-refractivity contribution in [1.82, 2.24) is 9.97 Å². The van der Waals surface area contributed by atoms with E-state index in [1.165, 1.54) is 11.8 Å². The third kappa shape index (κ3) is 4.56. The standard InChI is InChI=1S/C18H18F2N4O3S/c1-2-3-4-28-18-23-15-14(17(27)24-18)12(8-13(25)22-15)16(26)21-11-6-9(19)5-10(20)7-11/h5-7,12H,2-4,8H2,1H3,(H,21,26)(H2,22,23,24,25,27)/t12-/m0/s1. The van der Waals surface area contributed by atoms with Gasteiger partial charge in [0, 0.05) is 23.9 Å². The number of thioether (sulfide) groups is 1. The first-order chi connectivity index (χ1) is 13.4. The summed E-state index contributed by atoms with van der Waals surface area (Å²) >= 11 is 1.35. The molecule has 0 saturated carbocycles. The van der Waals surface area contributed by atoms with Crippen molar-refractivity contribution < 1.29 is 18.4 Å². The number of fused-ring (bicyclic) bond motifs is 1. The lowest BCUT2D eigenvalue weighted by Gasteiger charge is -2.23. The van der Waals surface area contributed by atoms with E-state index in [0.29, 0.717) is 11.2 Å². The van der Waals surface area contributed by atoms with Crippen molar-refractivity contribution in [3.05, 3.63) is 45.8 Å². The lowest BCUT2D eigenvalue weighted by Crippen LogP contribution is -2.36. The highest BCUT2D eigenvalue weighted by Crippen LogP contribution is 2.30. The number of rotatable bonds is 6. The Morgan fingerprint density at radius 3 is 2.68 bits per heavy atom. The lowest BCUT2D eigenvalue weighted by atomic mass is 9.92. The van der Waals surface area contributed by atoms with Gasteiger partial charge in [-0.05, 0) is 18.6 Å². The highest BCUT2D eigenvalue weighted by atomic mass is 32.2.